The molecule has 5 nitrogen and oxygen atoms in total. The molecule has 5 heteroatoms. The lowest BCUT2D eigenvalue weighted by Gasteiger charge is -2.15. The van der Waals surface area contributed by atoms with E-state index in [2.05, 4.69) is 22.2 Å². The molecule has 0 radical (unpaired) electrons. The number of hydrogen-bond donors (Lipinski definition) is 2. The second-order valence-electron chi connectivity index (χ2n) is 4.39. The number of pyridine rings is 1. The molecule has 0 spiro atoms. The summed E-state index contributed by atoms with van der Waals surface area (Å²) in [5.74, 6) is -0.309. The fraction of sp³-hybridized carbons (Fsp3) is 0.500. The number of nitrogens with zero attached hydrogens (tertiary/aromatic N) is 1. The highest BCUT2D eigenvalue weighted by Crippen LogP contribution is 2.24. The smallest absolute Gasteiger partial charge is 0.256 e. The van der Waals surface area contributed by atoms with Gasteiger partial charge in [-0.05, 0) is 19.9 Å². The van der Waals surface area contributed by atoms with Crippen LogP contribution in [0, 0.1) is 0 Å². The lowest BCUT2D eigenvalue weighted by Crippen LogP contribution is -2.35. The van der Waals surface area contributed by atoms with E-state index in [9.17, 15) is 9.59 Å². The highest BCUT2D eigenvalue weighted by Gasteiger charge is 2.25. The summed E-state index contributed by atoms with van der Waals surface area (Å²) < 4.78 is 0. The molecule has 1 aromatic rings. The van der Waals surface area contributed by atoms with Crippen molar-refractivity contribution in [3.05, 3.63) is 34.2 Å². The zero-order chi connectivity index (χ0) is 12.3. The monoisotopic (exact) mass is 235 g/mol. The van der Waals surface area contributed by atoms with Crippen LogP contribution in [0.3, 0.4) is 0 Å². The van der Waals surface area contributed by atoms with E-state index in [0.29, 0.717) is 12.6 Å². The molecule has 2 N–H and O–H groups in total. The van der Waals surface area contributed by atoms with E-state index in [1.165, 1.54) is 31.3 Å². The first kappa shape index (κ1) is 11.9. The van der Waals surface area contributed by atoms with Crippen molar-refractivity contribution in [2.75, 3.05) is 20.1 Å². The van der Waals surface area contributed by atoms with Gasteiger partial charge in [-0.1, -0.05) is 0 Å². The lowest BCUT2D eigenvalue weighted by molar-refractivity contribution is 0.0948. The molecule has 92 valence electrons. The number of likely N-dealkylation sites (N-methyl/N-ethyl adjacent to an activating group) is 1. The van der Waals surface area contributed by atoms with Gasteiger partial charge in [0.25, 0.3) is 5.91 Å². The van der Waals surface area contributed by atoms with Crippen molar-refractivity contribution in [3.63, 3.8) is 0 Å². The molecule has 1 aromatic heterocycles. The van der Waals surface area contributed by atoms with Gasteiger partial charge in [-0.25, -0.2) is 0 Å². The molecular weight excluding hydrogens is 218 g/mol. The van der Waals surface area contributed by atoms with Crippen molar-refractivity contribution in [2.45, 2.75) is 18.9 Å². The van der Waals surface area contributed by atoms with Crippen LogP contribution in [0.15, 0.2) is 23.3 Å². The number of carbonyl (C=O) groups is 1. The molecule has 1 fully saturated rings. The van der Waals surface area contributed by atoms with Gasteiger partial charge in [0.2, 0.25) is 0 Å². The summed E-state index contributed by atoms with van der Waals surface area (Å²) in [6.07, 6.45) is 5.45. The number of rotatable bonds is 5. The van der Waals surface area contributed by atoms with Gasteiger partial charge in [-0.15, -0.1) is 0 Å². The molecule has 17 heavy (non-hydrogen) atoms. The van der Waals surface area contributed by atoms with Crippen molar-refractivity contribution in [1.29, 1.82) is 0 Å². The van der Waals surface area contributed by atoms with Crippen LogP contribution in [0.5, 0.6) is 0 Å². The first-order chi connectivity index (χ1) is 8.18. The van der Waals surface area contributed by atoms with Crippen LogP contribution < -0.4 is 10.7 Å². The van der Waals surface area contributed by atoms with Gasteiger partial charge in [0.1, 0.15) is 5.56 Å². The predicted octanol–water partition coefficient (Wildman–Crippen LogP) is 0.199. The van der Waals surface area contributed by atoms with E-state index >= 15 is 0 Å². The largest absolute Gasteiger partial charge is 0.367 e. The van der Waals surface area contributed by atoms with Crippen LogP contribution in [-0.4, -0.2) is 42.0 Å². The molecule has 1 amide bonds. The maximum Gasteiger partial charge on any atom is 0.256 e. The average Bonchev–Trinajstić information content (AvgIpc) is 3.13. The fourth-order valence-corrected chi connectivity index (χ4v) is 1.73. The topological polar surface area (TPSA) is 65.2 Å². The predicted molar refractivity (Wildman–Crippen MR) is 65.0 cm³/mol. The second kappa shape index (κ2) is 5.14. The highest BCUT2D eigenvalue weighted by atomic mass is 16.2. The third-order valence-corrected chi connectivity index (χ3v) is 2.99. The van der Waals surface area contributed by atoms with Crippen LogP contribution in [-0.2, 0) is 0 Å². The lowest BCUT2D eigenvalue weighted by atomic mass is 10.2. The van der Waals surface area contributed by atoms with Gasteiger partial charge in [0.15, 0.2) is 5.43 Å². The van der Waals surface area contributed by atoms with Gasteiger partial charge < -0.3 is 15.2 Å². The fourth-order valence-electron chi connectivity index (χ4n) is 1.73. The van der Waals surface area contributed by atoms with Crippen LogP contribution in [0.1, 0.15) is 23.2 Å². The first-order valence-corrected chi connectivity index (χ1v) is 5.84. The number of nitrogens with one attached hydrogen (secondary N) is 2. The first-order valence-electron chi connectivity index (χ1n) is 5.84. The molecule has 0 unspecified atom stereocenters. The highest BCUT2D eigenvalue weighted by molar-refractivity contribution is 5.93. The van der Waals surface area contributed by atoms with Crippen molar-refractivity contribution in [1.82, 2.24) is 15.2 Å². The molecule has 0 atom stereocenters. The summed E-state index contributed by atoms with van der Waals surface area (Å²) in [5.41, 5.74) is -0.0848. The Kier molecular flexibility index (Phi) is 3.58. The molecule has 1 aliphatic rings. The number of amides is 1. The Hall–Kier alpha value is -1.62. The number of carbonyl (C=O) groups excluding carboxylic acids is 1. The number of aromatic nitrogens is 1. The van der Waals surface area contributed by atoms with Crippen LogP contribution in [0.2, 0.25) is 0 Å². The molecule has 1 saturated carbocycles. The van der Waals surface area contributed by atoms with Gasteiger partial charge >= 0.3 is 0 Å². The van der Waals surface area contributed by atoms with Crippen molar-refractivity contribution >= 4 is 5.91 Å². The SMILES string of the molecule is CN(CCNC(=O)c1c[nH]ccc1=O)C1CC1. The summed E-state index contributed by atoms with van der Waals surface area (Å²) in [4.78, 5) is 28.0. The van der Waals surface area contributed by atoms with E-state index in [4.69, 9.17) is 0 Å². The summed E-state index contributed by atoms with van der Waals surface area (Å²) in [5, 5.41) is 2.75. The molecule has 1 aliphatic carbocycles. The van der Waals surface area contributed by atoms with E-state index in [-0.39, 0.29) is 16.9 Å². The number of aromatic amines is 1. The maximum absolute atomic E-state index is 11.7. The normalized spacial score (nSPS) is 14.9. The summed E-state index contributed by atoms with van der Waals surface area (Å²) >= 11 is 0. The minimum atomic E-state index is -0.309. The quantitative estimate of drug-likeness (QED) is 0.766. The number of hydrogen-bond acceptors (Lipinski definition) is 3. The Balaban J connectivity index is 1.81. The minimum Gasteiger partial charge on any atom is -0.367 e. The van der Waals surface area contributed by atoms with Gasteiger partial charge in [-0.2, -0.15) is 0 Å². The molecule has 0 bridgehead atoms. The van der Waals surface area contributed by atoms with Gasteiger partial charge in [0, 0.05) is 37.6 Å². The van der Waals surface area contributed by atoms with Crippen LogP contribution >= 0.6 is 0 Å². The minimum absolute atomic E-state index is 0.168. The van der Waals surface area contributed by atoms with Gasteiger partial charge in [0.05, 0.1) is 0 Å². The summed E-state index contributed by atoms with van der Waals surface area (Å²) in [6, 6.07) is 2.04. The Bertz CT molecular complexity index is 451. The van der Waals surface area contributed by atoms with Gasteiger partial charge in [-0.3, -0.25) is 9.59 Å². The van der Waals surface area contributed by atoms with Crippen LogP contribution in [0.4, 0.5) is 0 Å². The molecule has 0 aromatic carbocycles. The van der Waals surface area contributed by atoms with E-state index in [1.54, 1.807) is 0 Å². The Morgan fingerprint density at radius 3 is 3.00 bits per heavy atom. The zero-order valence-corrected chi connectivity index (χ0v) is 9.90. The van der Waals surface area contributed by atoms with E-state index < -0.39 is 0 Å². The molecule has 0 saturated heterocycles. The molecule has 0 aliphatic heterocycles. The third kappa shape index (κ3) is 3.17. The molecule has 1 heterocycles. The van der Waals surface area contributed by atoms with Crippen molar-refractivity contribution in [3.8, 4) is 0 Å². The van der Waals surface area contributed by atoms with E-state index in [0.717, 1.165) is 6.54 Å². The Labute approximate surface area is 99.8 Å². The zero-order valence-electron chi connectivity index (χ0n) is 9.90. The average molecular weight is 235 g/mol. The third-order valence-electron chi connectivity index (χ3n) is 2.99. The molecular formula is C12H17N3O2. The van der Waals surface area contributed by atoms with E-state index in [1.807, 2.05) is 0 Å². The Morgan fingerprint density at radius 1 is 1.59 bits per heavy atom. The maximum atomic E-state index is 11.7. The van der Waals surface area contributed by atoms with Crippen LogP contribution in [0.25, 0.3) is 0 Å². The standard InChI is InChI=1S/C12H17N3O2/c1-15(9-2-3-9)7-6-14-12(17)10-8-13-5-4-11(10)16/h4-5,8-9H,2-3,6-7H2,1H3,(H,13,16)(H,14,17). The second-order valence-corrected chi connectivity index (χ2v) is 4.39. The molecule has 2 rings (SSSR count). The summed E-state index contributed by atoms with van der Waals surface area (Å²) in [6.45, 7) is 1.39. The number of H-pyrrole nitrogens is 1. The Morgan fingerprint density at radius 2 is 2.35 bits per heavy atom. The van der Waals surface area contributed by atoms with Crippen molar-refractivity contribution < 1.29 is 4.79 Å². The summed E-state index contributed by atoms with van der Waals surface area (Å²) in [7, 11) is 2.05. The van der Waals surface area contributed by atoms with Crippen molar-refractivity contribution in [2.24, 2.45) is 0 Å².